The monoisotopic (exact) mass is 379 g/mol. The first-order valence-corrected chi connectivity index (χ1v) is 9.85. The lowest BCUT2D eigenvalue weighted by atomic mass is 9.91. The van der Waals surface area contributed by atoms with Gasteiger partial charge in [-0.2, -0.15) is 5.26 Å². The van der Waals surface area contributed by atoms with Crippen LogP contribution < -0.4 is 5.32 Å². The second-order valence-electron chi connectivity index (χ2n) is 7.43. The van der Waals surface area contributed by atoms with Gasteiger partial charge in [0.05, 0.1) is 11.6 Å². The number of hydrogen-bond donors (Lipinski definition) is 1. The lowest BCUT2D eigenvalue weighted by Gasteiger charge is -2.32. The molecule has 1 aliphatic rings. The van der Waals surface area contributed by atoms with E-state index < -0.39 is 0 Å². The van der Waals surface area contributed by atoms with Gasteiger partial charge in [-0.1, -0.05) is 30.3 Å². The average molecular weight is 379 g/mol. The van der Waals surface area contributed by atoms with Gasteiger partial charge in [0.2, 0.25) is 5.91 Å². The van der Waals surface area contributed by atoms with Crippen LogP contribution in [0.3, 0.4) is 0 Å². The molecule has 2 aromatic rings. The molecule has 1 heterocycles. The molecule has 1 saturated heterocycles. The molecule has 0 spiro atoms. The van der Waals surface area contributed by atoms with E-state index in [2.05, 4.69) is 16.3 Å². The highest BCUT2D eigenvalue weighted by atomic mass is 19.1. The number of carbonyl (C=O) groups is 1. The topological polar surface area (TPSA) is 56.1 Å². The molecule has 1 aliphatic heterocycles. The summed E-state index contributed by atoms with van der Waals surface area (Å²) >= 11 is 0. The molecule has 2 aromatic carbocycles. The van der Waals surface area contributed by atoms with Crippen LogP contribution in [0.25, 0.3) is 0 Å². The largest absolute Gasteiger partial charge is 0.352 e. The molecule has 0 atom stereocenters. The third kappa shape index (κ3) is 5.90. The second kappa shape index (κ2) is 10.0. The van der Waals surface area contributed by atoms with Crippen LogP contribution >= 0.6 is 0 Å². The van der Waals surface area contributed by atoms with Crippen LogP contribution in [0.1, 0.15) is 42.4 Å². The smallest absolute Gasteiger partial charge is 0.220 e. The normalized spacial score (nSPS) is 15.1. The molecule has 146 valence electrons. The third-order valence-corrected chi connectivity index (χ3v) is 5.42. The van der Waals surface area contributed by atoms with E-state index in [1.54, 1.807) is 12.1 Å². The van der Waals surface area contributed by atoms with Crippen molar-refractivity contribution in [2.45, 2.75) is 38.8 Å². The minimum Gasteiger partial charge on any atom is -0.352 e. The molecule has 0 saturated carbocycles. The molecule has 0 unspecified atom stereocenters. The molecule has 1 N–H and O–H groups in total. The van der Waals surface area contributed by atoms with Gasteiger partial charge in [0.1, 0.15) is 5.82 Å². The Bertz CT molecular complexity index is 820. The predicted octanol–water partition coefficient (Wildman–Crippen LogP) is 4.01. The Morgan fingerprint density at radius 3 is 2.57 bits per heavy atom. The van der Waals surface area contributed by atoms with E-state index in [1.165, 1.54) is 12.1 Å². The third-order valence-electron chi connectivity index (χ3n) is 5.42. The summed E-state index contributed by atoms with van der Waals surface area (Å²) in [6, 6.07) is 16.2. The first-order valence-electron chi connectivity index (χ1n) is 9.85. The van der Waals surface area contributed by atoms with Gasteiger partial charge in [-0.25, -0.2) is 4.39 Å². The number of amides is 1. The van der Waals surface area contributed by atoms with Crippen molar-refractivity contribution in [1.29, 1.82) is 5.26 Å². The highest BCUT2D eigenvalue weighted by Gasteiger charge is 2.20. The number of benzene rings is 2. The molecule has 0 aromatic heterocycles. The van der Waals surface area contributed by atoms with Crippen molar-refractivity contribution in [2.24, 2.45) is 5.92 Å². The second-order valence-corrected chi connectivity index (χ2v) is 7.43. The minimum absolute atomic E-state index is 0.0507. The quantitative estimate of drug-likeness (QED) is 0.791. The van der Waals surface area contributed by atoms with Crippen LogP contribution in [0.2, 0.25) is 0 Å². The number of nitrogens with one attached hydrogen (secondary N) is 1. The van der Waals surface area contributed by atoms with Gasteiger partial charge in [-0.05, 0) is 67.6 Å². The van der Waals surface area contributed by atoms with Gasteiger partial charge in [0.15, 0.2) is 0 Å². The Balaban J connectivity index is 1.35. The SMILES string of the molecule is N#Cc1ccccc1CN1CCC(CCC(=O)NCc2ccc(F)cc2)CC1. The fourth-order valence-corrected chi connectivity index (χ4v) is 3.67. The van der Waals surface area contributed by atoms with Crippen LogP contribution in [0.15, 0.2) is 48.5 Å². The van der Waals surface area contributed by atoms with Gasteiger partial charge in [0.25, 0.3) is 0 Å². The molecule has 1 amide bonds. The summed E-state index contributed by atoms with van der Waals surface area (Å²) in [5.41, 5.74) is 2.74. The molecular weight excluding hydrogens is 353 g/mol. The minimum atomic E-state index is -0.266. The van der Waals surface area contributed by atoms with Gasteiger partial charge in [0, 0.05) is 19.5 Å². The first-order chi connectivity index (χ1) is 13.6. The lowest BCUT2D eigenvalue weighted by Crippen LogP contribution is -2.34. The van der Waals surface area contributed by atoms with E-state index in [-0.39, 0.29) is 11.7 Å². The van der Waals surface area contributed by atoms with Crippen molar-refractivity contribution in [3.8, 4) is 6.07 Å². The van der Waals surface area contributed by atoms with Crippen molar-refractivity contribution in [2.75, 3.05) is 13.1 Å². The Hall–Kier alpha value is -2.71. The number of likely N-dealkylation sites (tertiary alicyclic amines) is 1. The van der Waals surface area contributed by atoms with Gasteiger partial charge in [-0.15, -0.1) is 0 Å². The van der Waals surface area contributed by atoms with E-state index in [0.717, 1.165) is 55.6 Å². The van der Waals surface area contributed by atoms with Crippen molar-refractivity contribution in [3.63, 3.8) is 0 Å². The number of halogens is 1. The molecular formula is C23H26FN3O. The predicted molar refractivity (Wildman–Crippen MR) is 107 cm³/mol. The molecule has 4 nitrogen and oxygen atoms in total. The summed E-state index contributed by atoms with van der Waals surface area (Å²) in [6.45, 7) is 3.26. The van der Waals surface area contributed by atoms with E-state index >= 15 is 0 Å². The fourth-order valence-electron chi connectivity index (χ4n) is 3.67. The molecule has 3 rings (SSSR count). The Morgan fingerprint density at radius 1 is 1.14 bits per heavy atom. The van der Waals surface area contributed by atoms with Crippen molar-refractivity contribution < 1.29 is 9.18 Å². The van der Waals surface area contributed by atoms with Crippen LogP contribution in [-0.4, -0.2) is 23.9 Å². The number of carbonyl (C=O) groups excluding carboxylic acids is 1. The average Bonchev–Trinajstić information content (AvgIpc) is 2.73. The number of nitrogens with zero attached hydrogens (tertiary/aromatic N) is 2. The molecule has 0 aliphatic carbocycles. The Labute approximate surface area is 166 Å². The summed E-state index contributed by atoms with van der Waals surface area (Å²) in [5, 5.41) is 12.1. The summed E-state index contributed by atoms with van der Waals surface area (Å²) in [7, 11) is 0. The molecule has 0 bridgehead atoms. The van der Waals surface area contributed by atoms with Crippen LogP contribution in [0, 0.1) is 23.1 Å². The van der Waals surface area contributed by atoms with Crippen molar-refractivity contribution >= 4 is 5.91 Å². The van der Waals surface area contributed by atoms with E-state index in [1.807, 2.05) is 24.3 Å². The zero-order valence-corrected chi connectivity index (χ0v) is 16.0. The maximum absolute atomic E-state index is 12.9. The number of nitriles is 1. The molecule has 1 fully saturated rings. The Kier molecular flexibility index (Phi) is 7.16. The summed E-state index contributed by atoms with van der Waals surface area (Å²) < 4.78 is 12.9. The summed E-state index contributed by atoms with van der Waals surface area (Å²) in [6.07, 6.45) is 3.60. The highest BCUT2D eigenvalue weighted by molar-refractivity contribution is 5.75. The highest BCUT2D eigenvalue weighted by Crippen LogP contribution is 2.23. The Morgan fingerprint density at radius 2 is 1.86 bits per heavy atom. The van der Waals surface area contributed by atoms with Crippen LogP contribution in [0.4, 0.5) is 4.39 Å². The van der Waals surface area contributed by atoms with Gasteiger partial charge in [-0.3, -0.25) is 9.69 Å². The van der Waals surface area contributed by atoms with Crippen molar-refractivity contribution in [3.05, 3.63) is 71.0 Å². The van der Waals surface area contributed by atoms with E-state index in [9.17, 15) is 14.4 Å². The number of hydrogen-bond acceptors (Lipinski definition) is 3. The molecule has 0 radical (unpaired) electrons. The van der Waals surface area contributed by atoms with Crippen molar-refractivity contribution in [1.82, 2.24) is 10.2 Å². The van der Waals surface area contributed by atoms with E-state index in [4.69, 9.17) is 0 Å². The molecule has 28 heavy (non-hydrogen) atoms. The summed E-state index contributed by atoms with van der Waals surface area (Å²) in [4.78, 5) is 14.5. The maximum Gasteiger partial charge on any atom is 0.220 e. The van der Waals surface area contributed by atoms with Gasteiger partial charge >= 0.3 is 0 Å². The number of rotatable bonds is 7. The standard InChI is InChI=1S/C23H26FN3O/c24-22-8-5-19(6-9-22)16-26-23(28)10-7-18-11-13-27(14-12-18)17-21-4-2-1-3-20(21)15-25/h1-6,8-9,18H,7,10-14,16-17H2,(H,26,28). The number of piperidine rings is 1. The lowest BCUT2D eigenvalue weighted by molar-refractivity contribution is -0.121. The fraction of sp³-hybridized carbons (Fsp3) is 0.391. The molecule has 5 heteroatoms. The zero-order chi connectivity index (χ0) is 19.8. The van der Waals surface area contributed by atoms with E-state index in [0.29, 0.717) is 18.9 Å². The van der Waals surface area contributed by atoms with Crippen LogP contribution in [-0.2, 0) is 17.9 Å². The first kappa shape index (κ1) is 20.0. The van der Waals surface area contributed by atoms with Crippen LogP contribution in [0.5, 0.6) is 0 Å². The van der Waals surface area contributed by atoms with Gasteiger partial charge < -0.3 is 5.32 Å². The summed E-state index contributed by atoms with van der Waals surface area (Å²) in [5.74, 6) is 0.353. The maximum atomic E-state index is 12.9. The zero-order valence-electron chi connectivity index (χ0n) is 16.0.